The SMILES string of the molecule is Cn1cnc2c1C[C@H](COCc1ccccn1)N(C1CCCC1)C2. The molecule has 0 spiro atoms. The number of rotatable bonds is 5. The topological polar surface area (TPSA) is 43.2 Å². The minimum atomic E-state index is 0.444. The number of aromatic nitrogens is 3. The predicted molar refractivity (Wildman–Crippen MR) is 92.4 cm³/mol. The summed E-state index contributed by atoms with van der Waals surface area (Å²) < 4.78 is 8.22. The van der Waals surface area contributed by atoms with Gasteiger partial charge in [-0.3, -0.25) is 9.88 Å². The molecule has 5 heteroatoms. The van der Waals surface area contributed by atoms with Crippen LogP contribution in [0.25, 0.3) is 0 Å². The van der Waals surface area contributed by atoms with Crippen molar-refractivity contribution in [3.63, 3.8) is 0 Å². The van der Waals surface area contributed by atoms with Gasteiger partial charge in [-0.1, -0.05) is 18.9 Å². The highest BCUT2D eigenvalue weighted by Crippen LogP contribution is 2.31. The zero-order valence-corrected chi connectivity index (χ0v) is 14.4. The Morgan fingerprint density at radius 1 is 1.21 bits per heavy atom. The lowest BCUT2D eigenvalue weighted by atomic mass is 9.99. The minimum absolute atomic E-state index is 0.444. The first-order valence-electron chi connectivity index (χ1n) is 9.03. The molecule has 128 valence electrons. The van der Waals surface area contributed by atoms with E-state index in [1.165, 1.54) is 37.1 Å². The molecule has 24 heavy (non-hydrogen) atoms. The van der Waals surface area contributed by atoms with Crippen LogP contribution in [0.4, 0.5) is 0 Å². The van der Waals surface area contributed by atoms with Crippen molar-refractivity contribution in [2.24, 2.45) is 7.05 Å². The summed E-state index contributed by atoms with van der Waals surface area (Å²) in [7, 11) is 2.10. The Balaban J connectivity index is 1.44. The largest absolute Gasteiger partial charge is 0.374 e. The molecule has 0 aromatic carbocycles. The Morgan fingerprint density at radius 3 is 2.88 bits per heavy atom. The fourth-order valence-electron chi connectivity index (χ4n) is 4.14. The molecule has 1 saturated carbocycles. The first-order chi connectivity index (χ1) is 11.8. The first-order valence-corrected chi connectivity index (χ1v) is 9.03. The molecule has 3 heterocycles. The molecule has 2 aliphatic rings. The maximum atomic E-state index is 6.05. The number of ether oxygens (including phenoxy) is 1. The van der Waals surface area contributed by atoms with Crippen molar-refractivity contribution >= 4 is 0 Å². The first kappa shape index (κ1) is 15.8. The highest BCUT2D eigenvalue weighted by Gasteiger charge is 2.34. The van der Waals surface area contributed by atoms with Gasteiger partial charge in [-0.25, -0.2) is 4.98 Å². The van der Waals surface area contributed by atoms with Crippen LogP contribution in [0.1, 0.15) is 42.8 Å². The Kier molecular flexibility index (Phi) is 4.63. The molecule has 5 nitrogen and oxygen atoms in total. The molecule has 1 atom stereocenters. The third-order valence-corrected chi connectivity index (χ3v) is 5.46. The molecule has 0 bridgehead atoms. The summed E-state index contributed by atoms with van der Waals surface area (Å²) in [6.07, 6.45) is 10.2. The van der Waals surface area contributed by atoms with Crippen LogP contribution in [0.5, 0.6) is 0 Å². The van der Waals surface area contributed by atoms with Gasteiger partial charge in [-0.05, 0) is 25.0 Å². The van der Waals surface area contributed by atoms with E-state index >= 15 is 0 Å². The average molecular weight is 326 g/mol. The van der Waals surface area contributed by atoms with Crippen LogP contribution in [-0.2, 0) is 31.4 Å². The summed E-state index contributed by atoms with van der Waals surface area (Å²) in [4.78, 5) is 11.6. The predicted octanol–water partition coefficient (Wildman–Crippen LogP) is 2.70. The molecule has 0 amide bonds. The van der Waals surface area contributed by atoms with Crippen molar-refractivity contribution in [2.75, 3.05) is 6.61 Å². The van der Waals surface area contributed by atoms with Crippen molar-refractivity contribution in [3.05, 3.63) is 47.8 Å². The maximum Gasteiger partial charge on any atom is 0.0949 e. The van der Waals surface area contributed by atoms with Gasteiger partial charge in [0.2, 0.25) is 0 Å². The number of pyridine rings is 1. The van der Waals surface area contributed by atoms with Gasteiger partial charge in [0, 0.05) is 44.0 Å². The highest BCUT2D eigenvalue weighted by atomic mass is 16.5. The lowest BCUT2D eigenvalue weighted by Crippen LogP contribution is -2.48. The van der Waals surface area contributed by atoms with Gasteiger partial charge in [-0.15, -0.1) is 0 Å². The van der Waals surface area contributed by atoms with Crippen LogP contribution in [0, 0.1) is 0 Å². The molecule has 4 rings (SSSR count). The summed E-state index contributed by atoms with van der Waals surface area (Å²) in [6.45, 7) is 2.32. The van der Waals surface area contributed by atoms with Gasteiger partial charge in [0.1, 0.15) is 0 Å². The maximum absolute atomic E-state index is 6.05. The van der Waals surface area contributed by atoms with Crippen LogP contribution in [0.3, 0.4) is 0 Å². The number of fused-ring (bicyclic) bond motifs is 1. The van der Waals surface area contributed by atoms with Gasteiger partial charge < -0.3 is 9.30 Å². The standard InChI is InChI=1S/C19H26N4O/c1-22-14-21-18-11-23(16-7-2-3-8-16)17(10-19(18)22)13-24-12-15-6-4-5-9-20-15/h4-6,9,14,16-17H,2-3,7-8,10-13H2,1H3/t17-/m1/s1. The lowest BCUT2D eigenvalue weighted by molar-refractivity contribution is 0.0184. The summed E-state index contributed by atoms with van der Waals surface area (Å²) >= 11 is 0. The van der Waals surface area contributed by atoms with Crippen LogP contribution in [-0.4, -0.2) is 38.1 Å². The zero-order chi connectivity index (χ0) is 16.4. The van der Waals surface area contributed by atoms with Crippen molar-refractivity contribution < 1.29 is 4.74 Å². The molecule has 1 aliphatic carbocycles. The van der Waals surface area contributed by atoms with E-state index in [2.05, 4.69) is 26.5 Å². The van der Waals surface area contributed by atoms with Gasteiger partial charge in [-0.2, -0.15) is 0 Å². The van der Waals surface area contributed by atoms with E-state index in [9.17, 15) is 0 Å². The van der Waals surface area contributed by atoms with Gasteiger partial charge in [0.15, 0.2) is 0 Å². The molecule has 2 aromatic rings. The number of nitrogens with zero attached hydrogens (tertiary/aromatic N) is 4. The van der Waals surface area contributed by atoms with Gasteiger partial charge in [0.25, 0.3) is 0 Å². The van der Waals surface area contributed by atoms with Crippen molar-refractivity contribution in [3.8, 4) is 0 Å². The fraction of sp³-hybridized carbons (Fsp3) is 0.579. The molecule has 0 saturated heterocycles. The van der Waals surface area contributed by atoms with Crippen LogP contribution >= 0.6 is 0 Å². The molecule has 2 aromatic heterocycles. The Labute approximate surface area is 143 Å². The van der Waals surface area contributed by atoms with Gasteiger partial charge in [0.05, 0.1) is 30.9 Å². The fourth-order valence-corrected chi connectivity index (χ4v) is 4.14. The molecular weight excluding hydrogens is 300 g/mol. The summed E-state index contributed by atoms with van der Waals surface area (Å²) in [5.41, 5.74) is 3.63. The van der Waals surface area contributed by atoms with E-state index in [4.69, 9.17) is 4.74 Å². The van der Waals surface area contributed by atoms with Crippen molar-refractivity contribution in [2.45, 2.75) is 57.3 Å². The Morgan fingerprint density at radius 2 is 2.08 bits per heavy atom. The summed E-state index contributed by atoms with van der Waals surface area (Å²) in [6, 6.07) is 7.12. The molecule has 0 radical (unpaired) electrons. The number of aryl methyl sites for hydroxylation is 1. The second kappa shape index (κ2) is 7.03. The number of imidazole rings is 1. The second-order valence-corrected chi connectivity index (χ2v) is 7.05. The van der Waals surface area contributed by atoms with E-state index in [1.54, 1.807) is 0 Å². The number of hydrogen-bond acceptors (Lipinski definition) is 4. The Hall–Kier alpha value is -1.72. The highest BCUT2D eigenvalue weighted by molar-refractivity contribution is 5.18. The molecular formula is C19H26N4O. The third kappa shape index (κ3) is 3.23. The van der Waals surface area contributed by atoms with Gasteiger partial charge >= 0.3 is 0 Å². The summed E-state index contributed by atoms with van der Waals surface area (Å²) in [5, 5.41) is 0. The van der Waals surface area contributed by atoms with E-state index in [0.29, 0.717) is 18.7 Å². The summed E-state index contributed by atoms with van der Waals surface area (Å²) in [5.74, 6) is 0. The van der Waals surface area contributed by atoms with Crippen LogP contribution in [0.15, 0.2) is 30.7 Å². The monoisotopic (exact) mass is 326 g/mol. The van der Waals surface area contributed by atoms with E-state index in [1.807, 2.05) is 30.7 Å². The normalized spacial score (nSPS) is 22.0. The molecule has 0 unspecified atom stereocenters. The van der Waals surface area contributed by atoms with Crippen molar-refractivity contribution in [1.29, 1.82) is 0 Å². The zero-order valence-electron chi connectivity index (χ0n) is 14.4. The Bertz CT molecular complexity index is 663. The van der Waals surface area contributed by atoms with Crippen LogP contribution < -0.4 is 0 Å². The minimum Gasteiger partial charge on any atom is -0.374 e. The smallest absolute Gasteiger partial charge is 0.0949 e. The molecule has 1 fully saturated rings. The third-order valence-electron chi connectivity index (χ3n) is 5.46. The molecule has 0 N–H and O–H groups in total. The van der Waals surface area contributed by atoms with Crippen LogP contribution in [0.2, 0.25) is 0 Å². The van der Waals surface area contributed by atoms with Crippen molar-refractivity contribution in [1.82, 2.24) is 19.4 Å². The lowest BCUT2D eigenvalue weighted by Gasteiger charge is -2.39. The second-order valence-electron chi connectivity index (χ2n) is 7.05. The van der Waals surface area contributed by atoms with E-state index in [0.717, 1.165) is 25.3 Å². The van der Waals surface area contributed by atoms with E-state index < -0.39 is 0 Å². The number of hydrogen-bond donors (Lipinski definition) is 0. The van der Waals surface area contributed by atoms with E-state index in [-0.39, 0.29) is 0 Å². The quantitative estimate of drug-likeness (QED) is 0.847. The molecule has 1 aliphatic heterocycles. The average Bonchev–Trinajstić information content (AvgIpc) is 3.26.